The molecule has 1 aliphatic rings. The van der Waals surface area contributed by atoms with Crippen molar-refractivity contribution in [3.8, 4) is 0 Å². The summed E-state index contributed by atoms with van der Waals surface area (Å²) < 4.78 is 22.7. The Kier molecular flexibility index (Phi) is 4.51. The van der Waals surface area contributed by atoms with Crippen LogP contribution in [0.2, 0.25) is 5.15 Å². The van der Waals surface area contributed by atoms with Crippen molar-refractivity contribution in [2.45, 2.75) is 38.4 Å². The fourth-order valence-corrected chi connectivity index (χ4v) is 3.43. The topological polar surface area (TPSA) is 89.2 Å². The van der Waals surface area contributed by atoms with Crippen molar-refractivity contribution in [3.63, 3.8) is 0 Å². The first kappa shape index (κ1) is 15.5. The van der Waals surface area contributed by atoms with Crippen LogP contribution >= 0.6 is 11.6 Å². The lowest BCUT2D eigenvalue weighted by Crippen LogP contribution is -2.42. The van der Waals surface area contributed by atoms with Gasteiger partial charge in [0.05, 0.1) is 5.25 Å². The number of halogens is 1. The average molecular weight is 319 g/mol. The van der Waals surface area contributed by atoms with E-state index < -0.39 is 15.3 Å². The molecule has 1 fully saturated rings. The Hall–Kier alpha value is -0.920. The minimum atomic E-state index is -3.45. The van der Waals surface area contributed by atoms with Gasteiger partial charge in [0, 0.05) is 25.1 Å². The Morgan fingerprint density at radius 3 is 2.45 bits per heavy atom. The van der Waals surface area contributed by atoms with Crippen LogP contribution < -0.4 is 10.0 Å². The van der Waals surface area contributed by atoms with Gasteiger partial charge in [0.2, 0.25) is 10.0 Å². The molecule has 6 nitrogen and oxygen atoms in total. The van der Waals surface area contributed by atoms with E-state index in [1.807, 2.05) is 13.8 Å². The normalized spacial score (nSPS) is 17.5. The van der Waals surface area contributed by atoms with Crippen LogP contribution in [0.15, 0.2) is 0 Å². The van der Waals surface area contributed by atoms with Crippen LogP contribution in [0.3, 0.4) is 0 Å². The quantitative estimate of drug-likeness (QED) is 0.847. The Morgan fingerprint density at radius 2 is 1.95 bits per heavy atom. The van der Waals surface area contributed by atoms with Crippen LogP contribution in [-0.2, 0) is 16.4 Å². The molecule has 0 aromatic carbocycles. The van der Waals surface area contributed by atoms with E-state index in [4.69, 9.17) is 16.7 Å². The Labute approximate surface area is 124 Å². The number of hydrogen-bond acceptors (Lipinski definition) is 5. The van der Waals surface area contributed by atoms with Crippen molar-refractivity contribution in [2.75, 3.05) is 18.0 Å². The summed E-state index contributed by atoms with van der Waals surface area (Å²) in [5.41, 5.74) is 0.831. The zero-order valence-electron chi connectivity index (χ0n) is 11.6. The summed E-state index contributed by atoms with van der Waals surface area (Å²) in [6.45, 7) is 5.07. The van der Waals surface area contributed by atoms with Crippen LogP contribution in [0.4, 0.5) is 5.82 Å². The first-order chi connectivity index (χ1) is 9.32. The molecular weight excluding hydrogens is 300 g/mol. The zero-order valence-corrected chi connectivity index (χ0v) is 13.2. The third-order valence-electron chi connectivity index (χ3n) is 3.63. The van der Waals surface area contributed by atoms with E-state index in [2.05, 4.69) is 14.9 Å². The average Bonchev–Trinajstić information content (AvgIpc) is 2.41. The molecule has 8 heteroatoms. The van der Waals surface area contributed by atoms with Crippen LogP contribution in [0.1, 0.15) is 31.2 Å². The molecule has 0 atom stereocenters. The van der Waals surface area contributed by atoms with E-state index in [-0.39, 0.29) is 0 Å². The van der Waals surface area contributed by atoms with Gasteiger partial charge in [0.15, 0.2) is 0 Å². The highest BCUT2D eigenvalue weighted by Gasteiger charge is 2.28. The summed E-state index contributed by atoms with van der Waals surface area (Å²) in [5, 5.41) is 5.20. The second-order valence-electron chi connectivity index (χ2n) is 5.01. The summed E-state index contributed by atoms with van der Waals surface area (Å²) in [4.78, 5) is 10.8. The van der Waals surface area contributed by atoms with Gasteiger partial charge in [-0.05, 0) is 19.8 Å². The lowest BCUT2D eigenvalue weighted by molar-refractivity contribution is 0.528. The number of aryl methyl sites for hydroxylation is 1. The number of piperidine rings is 1. The van der Waals surface area contributed by atoms with Crippen LogP contribution in [-0.4, -0.2) is 36.7 Å². The fraction of sp³-hybridized carbons (Fsp3) is 0.667. The molecule has 0 unspecified atom stereocenters. The Morgan fingerprint density at radius 1 is 1.35 bits per heavy atom. The van der Waals surface area contributed by atoms with Gasteiger partial charge in [-0.1, -0.05) is 18.5 Å². The van der Waals surface area contributed by atoms with Crippen molar-refractivity contribution in [2.24, 2.45) is 5.14 Å². The molecule has 1 aromatic rings. The number of primary sulfonamides is 1. The second-order valence-corrected chi connectivity index (χ2v) is 7.21. The lowest BCUT2D eigenvalue weighted by Gasteiger charge is -2.32. The zero-order chi connectivity index (χ0) is 14.9. The molecule has 2 heterocycles. The van der Waals surface area contributed by atoms with Gasteiger partial charge in [0.25, 0.3) is 0 Å². The summed E-state index contributed by atoms with van der Waals surface area (Å²) in [5.74, 6) is 1.50. The molecule has 0 spiro atoms. The monoisotopic (exact) mass is 318 g/mol. The van der Waals surface area contributed by atoms with Crippen molar-refractivity contribution in [1.29, 1.82) is 0 Å². The predicted molar refractivity (Wildman–Crippen MR) is 79.5 cm³/mol. The van der Waals surface area contributed by atoms with Gasteiger partial charge in [-0.25, -0.2) is 23.5 Å². The number of nitrogens with zero attached hydrogens (tertiary/aromatic N) is 3. The third kappa shape index (κ3) is 3.21. The molecule has 112 valence electrons. The largest absolute Gasteiger partial charge is 0.356 e. The first-order valence-corrected chi connectivity index (χ1v) is 8.61. The number of hydrogen-bond donors (Lipinski definition) is 1. The molecule has 2 rings (SSSR count). The van der Waals surface area contributed by atoms with Crippen LogP contribution in [0.25, 0.3) is 0 Å². The molecule has 0 amide bonds. The van der Waals surface area contributed by atoms with E-state index in [1.165, 1.54) is 0 Å². The maximum atomic E-state index is 11.4. The summed E-state index contributed by atoms with van der Waals surface area (Å²) in [7, 11) is -3.45. The number of rotatable bonds is 3. The molecule has 2 N–H and O–H groups in total. The SMILES string of the molecule is CCc1nc(Cl)c(C)c(N2CCC(S(N)(=O)=O)CC2)n1. The van der Waals surface area contributed by atoms with Gasteiger partial charge in [0.1, 0.15) is 16.8 Å². The minimum absolute atomic E-state index is 0.456. The van der Waals surface area contributed by atoms with Crippen molar-refractivity contribution >= 4 is 27.4 Å². The van der Waals surface area contributed by atoms with Gasteiger partial charge in [-0.15, -0.1) is 0 Å². The molecule has 0 saturated carbocycles. The van der Waals surface area contributed by atoms with Crippen molar-refractivity contribution in [1.82, 2.24) is 9.97 Å². The summed E-state index contributed by atoms with van der Waals surface area (Å²) >= 11 is 6.12. The fourth-order valence-electron chi connectivity index (χ4n) is 2.38. The maximum absolute atomic E-state index is 11.4. The van der Waals surface area contributed by atoms with E-state index in [0.29, 0.717) is 43.3 Å². The molecule has 0 aliphatic carbocycles. The highest BCUT2D eigenvalue weighted by Crippen LogP contribution is 2.27. The Bertz CT molecular complexity index is 598. The highest BCUT2D eigenvalue weighted by atomic mass is 35.5. The molecule has 1 saturated heterocycles. The highest BCUT2D eigenvalue weighted by molar-refractivity contribution is 7.89. The van der Waals surface area contributed by atoms with E-state index in [0.717, 1.165) is 11.4 Å². The molecule has 1 aromatic heterocycles. The lowest BCUT2D eigenvalue weighted by atomic mass is 10.1. The number of sulfonamides is 1. The molecular formula is C12H19ClN4O2S. The Balaban J connectivity index is 2.21. The summed E-state index contributed by atoms with van der Waals surface area (Å²) in [6, 6.07) is 0. The van der Waals surface area contributed by atoms with Gasteiger partial charge in [-0.3, -0.25) is 0 Å². The van der Waals surface area contributed by atoms with Gasteiger partial charge < -0.3 is 4.90 Å². The number of anilines is 1. The molecule has 20 heavy (non-hydrogen) atoms. The molecule has 0 bridgehead atoms. The van der Waals surface area contributed by atoms with Crippen LogP contribution in [0.5, 0.6) is 0 Å². The smallest absolute Gasteiger partial charge is 0.212 e. The van der Waals surface area contributed by atoms with Crippen molar-refractivity contribution < 1.29 is 8.42 Å². The maximum Gasteiger partial charge on any atom is 0.212 e. The predicted octanol–water partition coefficient (Wildman–Crippen LogP) is 1.26. The first-order valence-electron chi connectivity index (χ1n) is 6.62. The molecule has 1 aliphatic heterocycles. The second kappa shape index (κ2) is 5.83. The minimum Gasteiger partial charge on any atom is -0.356 e. The van der Waals surface area contributed by atoms with E-state index in [1.54, 1.807) is 0 Å². The molecule has 0 radical (unpaired) electrons. The third-order valence-corrected chi connectivity index (χ3v) is 5.40. The van der Waals surface area contributed by atoms with E-state index in [9.17, 15) is 8.42 Å². The van der Waals surface area contributed by atoms with Crippen molar-refractivity contribution in [3.05, 3.63) is 16.5 Å². The van der Waals surface area contributed by atoms with Crippen LogP contribution in [0, 0.1) is 6.92 Å². The standard InChI is InChI=1S/C12H19ClN4O2S/c1-3-10-15-11(13)8(2)12(16-10)17-6-4-9(5-7-17)20(14,18)19/h9H,3-7H2,1-2H3,(H2,14,18,19). The van der Waals surface area contributed by atoms with E-state index >= 15 is 0 Å². The van der Waals surface area contributed by atoms with Gasteiger partial charge >= 0.3 is 0 Å². The number of aromatic nitrogens is 2. The number of nitrogens with two attached hydrogens (primary N) is 1. The summed E-state index contributed by atoms with van der Waals surface area (Å²) in [6.07, 6.45) is 1.74. The van der Waals surface area contributed by atoms with Gasteiger partial charge in [-0.2, -0.15) is 0 Å².